The molecule has 5 nitrogen and oxygen atoms in total. The average Bonchev–Trinajstić information content (AvgIpc) is 2.38. The minimum atomic E-state index is -0.474. The zero-order valence-corrected chi connectivity index (χ0v) is 8.96. The van der Waals surface area contributed by atoms with Crippen LogP contribution in [0.25, 0.3) is 10.9 Å². The highest BCUT2D eigenvalue weighted by molar-refractivity contribution is 5.93. The summed E-state index contributed by atoms with van der Waals surface area (Å²) in [5.74, 6) is -0.474. The molecule has 0 aliphatic rings. The van der Waals surface area contributed by atoms with Crippen LogP contribution in [-0.4, -0.2) is 22.5 Å². The van der Waals surface area contributed by atoms with Crippen LogP contribution in [0.3, 0.4) is 0 Å². The van der Waals surface area contributed by atoms with Crippen LogP contribution in [0.15, 0.2) is 30.7 Å². The molecule has 2 aromatic heterocycles. The third kappa shape index (κ3) is 2.55. The summed E-state index contributed by atoms with van der Waals surface area (Å²) in [5.41, 5.74) is 1.14. The van der Waals surface area contributed by atoms with E-state index in [2.05, 4.69) is 9.97 Å². The first-order valence-electron chi connectivity index (χ1n) is 5.05. The maximum atomic E-state index is 11.6. The van der Waals surface area contributed by atoms with Crippen LogP contribution < -0.4 is 0 Å². The van der Waals surface area contributed by atoms with E-state index in [9.17, 15) is 4.79 Å². The van der Waals surface area contributed by atoms with Crippen LogP contribution in [0, 0.1) is 11.3 Å². The van der Waals surface area contributed by atoms with Crippen molar-refractivity contribution in [2.75, 3.05) is 6.61 Å². The van der Waals surface area contributed by atoms with E-state index in [1.54, 1.807) is 24.5 Å². The van der Waals surface area contributed by atoms with E-state index >= 15 is 0 Å². The first-order chi connectivity index (χ1) is 8.31. The smallest absolute Gasteiger partial charge is 0.339 e. The lowest BCUT2D eigenvalue weighted by Crippen LogP contribution is -2.06. The van der Waals surface area contributed by atoms with E-state index in [-0.39, 0.29) is 13.0 Å². The predicted octanol–water partition coefficient (Wildman–Crippen LogP) is 1.70. The van der Waals surface area contributed by atoms with Crippen LogP contribution in [-0.2, 0) is 4.74 Å². The van der Waals surface area contributed by atoms with E-state index in [4.69, 9.17) is 10.00 Å². The molecule has 0 amide bonds. The zero-order chi connectivity index (χ0) is 12.1. The predicted molar refractivity (Wildman–Crippen MR) is 60.1 cm³/mol. The number of rotatable bonds is 3. The number of pyridine rings is 2. The molecule has 0 fully saturated rings. The van der Waals surface area contributed by atoms with Gasteiger partial charge >= 0.3 is 5.97 Å². The number of hydrogen-bond donors (Lipinski definition) is 0. The Morgan fingerprint density at radius 2 is 2.35 bits per heavy atom. The molecule has 0 spiro atoms. The van der Waals surface area contributed by atoms with Crippen molar-refractivity contribution in [3.63, 3.8) is 0 Å². The highest BCUT2D eigenvalue weighted by Crippen LogP contribution is 2.12. The Kier molecular flexibility index (Phi) is 3.26. The normalized spacial score (nSPS) is 9.82. The molecule has 0 radical (unpaired) electrons. The van der Waals surface area contributed by atoms with Crippen molar-refractivity contribution in [2.45, 2.75) is 6.42 Å². The first kappa shape index (κ1) is 11.0. The largest absolute Gasteiger partial charge is 0.461 e. The van der Waals surface area contributed by atoms with Crippen LogP contribution in [0.4, 0.5) is 0 Å². The van der Waals surface area contributed by atoms with E-state index in [0.29, 0.717) is 5.56 Å². The molecule has 2 aromatic rings. The molecule has 0 atom stereocenters. The molecule has 84 valence electrons. The second-order valence-corrected chi connectivity index (χ2v) is 3.34. The van der Waals surface area contributed by atoms with Gasteiger partial charge in [-0.1, -0.05) is 0 Å². The number of carbonyl (C=O) groups is 1. The van der Waals surface area contributed by atoms with E-state index in [0.717, 1.165) is 10.9 Å². The van der Waals surface area contributed by atoms with Gasteiger partial charge in [0.15, 0.2) is 0 Å². The van der Waals surface area contributed by atoms with Gasteiger partial charge in [-0.3, -0.25) is 9.97 Å². The van der Waals surface area contributed by atoms with E-state index in [1.807, 2.05) is 6.07 Å². The van der Waals surface area contributed by atoms with Gasteiger partial charge in [-0.2, -0.15) is 5.26 Å². The Balaban J connectivity index is 2.19. The van der Waals surface area contributed by atoms with Gasteiger partial charge in [0.2, 0.25) is 0 Å². The number of carbonyl (C=O) groups excluding carboxylic acids is 1. The summed E-state index contributed by atoms with van der Waals surface area (Å²) < 4.78 is 4.90. The second kappa shape index (κ2) is 5.03. The maximum Gasteiger partial charge on any atom is 0.339 e. The molecule has 2 rings (SSSR count). The van der Waals surface area contributed by atoms with Gasteiger partial charge in [0, 0.05) is 24.0 Å². The van der Waals surface area contributed by atoms with Gasteiger partial charge in [0.1, 0.15) is 6.61 Å². The van der Waals surface area contributed by atoms with Crippen molar-refractivity contribution >= 4 is 16.9 Å². The molecule has 0 aromatic carbocycles. The molecule has 0 saturated heterocycles. The van der Waals surface area contributed by atoms with Crippen molar-refractivity contribution in [1.82, 2.24) is 9.97 Å². The highest BCUT2D eigenvalue weighted by Gasteiger charge is 2.08. The summed E-state index contributed by atoms with van der Waals surface area (Å²) >= 11 is 0. The quantitative estimate of drug-likeness (QED) is 0.589. The molecule has 5 heteroatoms. The van der Waals surface area contributed by atoms with Crippen LogP contribution in [0.1, 0.15) is 16.8 Å². The van der Waals surface area contributed by atoms with Crippen LogP contribution in [0.5, 0.6) is 0 Å². The molecule has 2 heterocycles. The Bertz CT molecular complexity index is 590. The van der Waals surface area contributed by atoms with Gasteiger partial charge in [0.25, 0.3) is 0 Å². The minimum Gasteiger partial charge on any atom is -0.461 e. The number of aromatic nitrogens is 2. The summed E-state index contributed by atoms with van der Waals surface area (Å²) in [5, 5.41) is 9.11. The van der Waals surface area contributed by atoms with Crippen molar-refractivity contribution in [3.05, 3.63) is 36.3 Å². The summed E-state index contributed by atoms with van der Waals surface area (Å²) in [6.45, 7) is 0.0976. The molecule has 0 aliphatic carbocycles. The zero-order valence-electron chi connectivity index (χ0n) is 8.96. The molecule has 0 unspecified atom stereocenters. The Morgan fingerprint density at radius 1 is 1.47 bits per heavy atom. The number of nitriles is 1. The molecule has 0 bridgehead atoms. The number of nitrogens with zero attached hydrogens (tertiary/aromatic N) is 3. The Labute approximate surface area is 97.7 Å². The summed E-state index contributed by atoms with van der Waals surface area (Å²) in [7, 11) is 0. The van der Waals surface area contributed by atoms with Crippen molar-refractivity contribution in [3.8, 4) is 6.07 Å². The fourth-order valence-electron chi connectivity index (χ4n) is 1.36. The third-order valence-corrected chi connectivity index (χ3v) is 2.16. The lowest BCUT2D eigenvalue weighted by molar-refractivity contribution is 0.0513. The second-order valence-electron chi connectivity index (χ2n) is 3.34. The molecular formula is C12H9N3O2. The van der Waals surface area contributed by atoms with E-state index in [1.165, 1.54) is 6.20 Å². The third-order valence-electron chi connectivity index (χ3n) is 2.16. The number of fused-ring (bicyclic) bond motifs is 1. The molecular weight excluding hydrogens is 218 g/mol. The SMILES string of the molecule is N#CCCOC(=O)c1cnc2ccncc2c1. The maximum absolute atomic E-state index is 11.6. The monoisotopic (exact) mass is 227 g/mol. The Morgan fingerprint density at radius 3 is 3.18 bits per heavy atom. The van der Waals surface area contributed by atoms with E-state index < -0.39 is 5.97 Å². The summed E-state index contributed by atoms with van der Waals surface area (Å²) in [6, 6.07) is 5.34. The first-order valence-corrected chi connectivity index (χ1v) is 5.05. The topological polar surface area (TPSA) is 75.9 Å². The van der Waals surface area contributed by atoms with Crippen molar-refractivity contribution in [1.29, 1.82) is 5.26 Å². The fraction of sp³-hybridized carbons (Fsp3) is 0.167. The van der Waals surface area contributed by atoms with Gasteiger partial charge in [-0.05, 0) is 12.1 Å². The Hall–Kier alpha value is -2.48. The highest BCUT2D eigenvalue weighted by atomic mass is 16.5. The molecule has 0 N–H and O–H groups in total. The van der Waals surface area contributed by atoms with Gasteiger partial charge in [-0.15, -0.1) is 0 Å². The van der Waals surface area contributed by atoms with Crippen molar-refractivity contribution < 1.29 is 9.53 Å². The standard InChI is InChI=1S/C12H9N3O2/c13-3-1-5-17-12(16)10-6-9-7-14-4-2-11(9)15-8-10/h2,4,6-8H,1,5H2. The molecule has 17 heavy (non-hydrogen) atoms. The number of ether oxygens (including phenoxy) is 1. The summed E-state index contributed by atoms with van der Waals surface area (Å²) in [4.78, 5) is 19.6. The lowest BCUT2D eigenvalue weighted by Gasteiger charge is -2.03. The average molecular weight is 227 g/mol. The van der Waals surface area contributed by atoms with Crippen LogP contribution >= 0.6 is 0 Å². The lowest BCUT2D eigenvalue weighted by atomic mass is 10.2. The minimum absolute atomic E-state index is 0.0976. The van der Waals surface area contributed by atoms with Gasteiger partial charge in [0.05, 0.1) is 23.6 Å². The number of hydrogen-bond acceptors (Lipinski definition) is 5. The van der Waals surface area contributed by atoms with Gasteiger partial charge in [-0.25, -0.2) is 4.79 Å². The molecule has 0 saturated carbocycles. The summed E-state index contributed by atoms with van der Waals surface area (Å²) in [6.07, 6.45) is 4.92. The van der Waals surface area contributed by atoms with Crippen molar-refractivity contribution in [2.24, 2.45) is 0 Å². The number of esters is 1. The van der Waals surface area contributed by atoms with Gasteiger partial charge < -0.3 is 4.74 Å². The van der Waals surface area contributed by atoms with Crippen LogP contribution in [0.2, 0.25) is 0 Å². The molecule has 0 aliphatic heterocycles. The fourth-order valence-corrected chi connectivity index (χ4v) is 1.36.